The molecule has 23 heavy (non-hydrogen) atoms. The van der Waals surface area contributed by atoms with E-state index in [4.69, 9.17) is 0 Å². The Kier molecular flexibility index (Phi) is 7.05. The zero-order chi connectivity index (χ0) is 16.8. The summed E-state index contributed by atoms with van der Waals surface area (Å²) in [7, 11) is 1.85. The molecule has 1 saturated heterocycles. The number of nitrogens with zero attached hydrogens (tertiary/aromatic N) is 3. The van der Waals surface area contributed by atoms with Gasteiger partial charge in [0.15, 0.2) is 0 Å². The number of hydrogen-bond donors (Lipinski definition) is 0. The maximum absolute atomic E-state index is 12.4. The van der Waals surface area contributed by atoms with E-state index in [2.05, 4.69) is 26.9 Å². The minimum atomic E-state index is 0.129. The molecule has 0 radical (unpaired) electrons. The van der Waals surface area contributed by atoms with Gasteiger partial charge in [-0.15, -0.1) is 11.3 Å². The molecule has 1 aromatic rings. The normalized spacial score (nSPS) is 16.2. The van der Waals surface area contributed by atoms with E-state index in [0.717, 1.165) is 37.1 Å². The van der Waals surface area contributed by atoms with Crippen LogP contribution in [0.15, 0.2) is 15.9 Å². The molecule has 128 valence electrons. The fourth-order valence-corrected chi connectivity index (χ4v) is 4.18. The van der Waals surface area contributed by atoms with Crippen LogP contribution in [0.3, 0.4) is 0 Å². The smallest absolute Gasteiger partial charge is 0.236 e. The van der Waals surface area contributed by atoms with Crippen LogP contribution in [0.5, 0.6) is 0 Å². The highest BCUT2D eigenvalue weighted by Gasteiger charge is 2.20. The van der Waals surface area contributed by atoms with Crippen molar-refractivity contribution in [3.8, 4) is 0 Å². The van der Waals surface area contributed by atoms with Crippen molar-refractivity contribution < 1.29 is 9.59 Å². The summed E-state index contributed by atoms with van der Waals surface area (Å²) in [6.45, 7) is 6.14. The molecule has 0 atom stereocenters. The number of thiophene rings is 1. The maximum atomic E-state index is 12.4. The number of rotatable bonds is 5. The first-order valence-electron chi connectivity index (χ1n) is 7.96. The molecule has 0 aromatic carbocycles. The predicted octanol–water partition coefficient (Wildman–Crippen LogP) is 2.41. The van der Waals surface area contributed by atoms with Gasteiger partial charge in [-0.25, -0.2) is 0 Å². The molecule has 1 fully saturated rings. The molecule has 0 aliphatic carbocycles. The molecule has 0 bridgehead atoms. The second-order valence-electron chi connectivity index (χ2n) is 5.85. The first kappa shape index (κ1) is 18.4. The average Bonchev–Trinajstić information content (AvgIpc) is 2.80. The van der Waals surface area contributed by atoms with E-state index >= 15 is 0 Å². The third-order valence-corrected chi connectivity index (χ3v) is 5.73. The molecule has 2 heterocycles. The van der Waals surface area contributed by atoms with E-state index in [1.165, 1.54) is 4.88 Å². The van der Waals surface area contributed by atoms with Gasteiger partial charge in [0.05, 0.1) is 13.1 Å². The fourth-order valence-electron chi connectivity index (χ4n) is 2.67. The Morgan fingerprint density at radius 1 is 1.30 bits per heavy atom. The highest BCUT2D eigenvalue weighted by molar-refractivity contribution is 9.10. The molecule has 0 unspecified atom stereocenters. The van der Waals surface area contributed by atoms with Crippen LogP contribution >= 0.6 is 27.3 Å². The molecule has 2 rings (SSSR count). The molecule has 5 nitrogen and oxygen atoms in total. The van der Waals surface area contributed by atoms with Gasteiger partial charge in [0.2, 0.25) is 11.8 Å². The lowest BCUT2D eigenvalue weighted by Crippen LogP contribution is -2.40. The van der Waals surface area contributed by atoms with Crippen molar-refractivity contribution in [1.82, 2.24) is 14.7 Å². The second-order valence-corrected chi connectivity index (χ2v) is 7.76. The van der Waals surface area contributed by atoms with Crippen molar-refractivity contribution in [2.24, 2.45) is 0 Å². The Bertz CT molecular complexity index is 549. The van der Waals surface area contributed by atoms with E-state index in [0.29, 0.717) is 19.5 Å². The van der Waals surface area contributed by atoms with E-state index < -0.39 is 0 Å². The van der Waals surface area contributed by atoms with Gasteiger partial charge >= 0.3 is 0 Å². The van der Waals surface area contributed by atoms with Crippen LogP contribution in [0.25, 0.3) is 0 Å². The summed E-state index contributed by atoms with van der Waals surface area (Å²) >= 11 is 5.09. The van der Waals surface area contributed by atoms with Crippen LogP contribution in [0.4, 0.5) is 0 Å². The van der Waals surface area contributed by atoms with Crippen LogP contribution < -0.4 is 0 Å². The Balaban J connectivity index is 1.81. The van der Waals surface area contributed by atoms with E-state index in [9.17, 15) is 9.59 Å². The number of hydrogen-bond acceptors (Lipinski definition) is 4. The zero-order valence-corrected chi connectivity index (χ0v) is 16.2. The molecule has 7 heteroatoms. The van der Waals surface area contributed by atoms with Crippen molar-refractivity contribution >= 4 is 39.1 Å². The Morgan fingerprint density at radius 3 is 2.74 bits per heavy atom. The van der Waals surface area contributed by atoms with E-state index in [1.54, 1.807) is 16.2 Å². The van der Waals surface area contributed by atoms with Crippen LogP contribution in [-0.4, -0.2) is 66.3 Å². The van der Waals surface area contributed by atoms with Gasteiger partial charge in [0.25, 0.3) is 0 Å². The summed E-state index contributed by atoms with van der Waals surface area (Å²) in [5.74, 6) is 0.336. The largest absolute Gasteiger partial charge is 0.341 e. The monoisotopic (exact) mass is 401 g/mol. The lowest BCUT2D eigenvalue weighted by atomic mass is 10.3. The van der Waals surface area contributed by atoms with Crippen molar-refractivity contribution in [3.63, 3.8) is 0 Å². The minimum Gasteiger partial charge on any atom is -0.341 e. The highest BCUT2D eigenvalue weighted by Crippen LogP contribution is 2.20. The van der Waals surface area contributed by atoms with Crippen molar-refractivity contribution in [2.45, 2.75) is 26.3 Å². The number of carbonyl (C=O) groups is 2. The van der Waals surface area contributed by atoms with E-state index in [1.807, 2.05) is 24.3 Å². The SMILES string of the molecule is CCC(=O)N1CCCN(CC(=O)N(C)Cc2cc(Br)cs2)CC1. The number of carbonyl (C=O) groups excluding carboxylic acids is 2. The Labute approximate surface area is 150 Å². The Hall–Kier alpha value is -0.920. The lowest BCUT2D eigenvalue weighted by Gasteiger charge is -2.24. The zero-order valence-electron chi connectivity index (χ0n) is 13.8. The topological polar surface area (TPSA) is 43.9 Å². The molecule has 1 aliphatic rings. The summed E-state index contributed by atoms with van der Waals surface area (Å²) in [6, 6.07) is 2.05. The van der Waals surface area contributed by atoms with Gasteiger partial charge in [-0.1, -0.05) is 6.92 Å². The standard InChI is InChI=1S/C16H24BrN3O2S/c1-3-15(21)20-6-4-5-19(7-8-20)11-16(22)18(2)10-14-9-13(17)12-23-14/h9,12H,3-8,10-11H2,1-2H3. The summed E-state index contributed by atoms with van der Waals surface area (Å²) in [5, 5.41) is 2.03. The van der Waals surface area contributed by atoms with E-state index in [-0.39, 0.29) is 11.8 Å². The second kappa shape index (κ2) is 8.80. The van der Waals surface area contributed by atoms with Crippen LogP contribution in [-0.2, 0) is 16.1 Å². The number of amides is 2. The first-order valence-corrected chi connectivity index (χ1v) is 9.64. The maximum Gasteiger partial charge on any atom is 0.236 e. The summed E-state index contributed by atoms with van der Waals surface area (Å²) in [6.07, 6.45) is 1.48. The van der Waals surface area contributed by atoms with Gasteiger partial charge in [-0.05, 0) is 28.4 Å². The van der Waals surface area contributed by atoms with Gasteiger partial charge in [0.1, 0.15) is 0 Å². The van der Waals surface area contributed by atoms with Crippen LogP contribution in [0, 0.1) is 0 Å². The number of likely N-dealkylation sites (N-methyl/N-ethyl adjacent to an activating group) is 1. The minimum absolute atomic E-state index is 0.129. The van der Waals surface area contributed by atoms with Gasteiger partial charge < -0.3 is 9.80 Å². The molecule has 0 spiro atoms. The predicted molar refractivity (Wildman–Crippen MR) is 96.4 cm³/mol. The summed E-state index contributed by atoms with van der Waals surface area (Å²) in [4.78, 5) is 31.2. The van der Waals surface area contributed by atoms with Crippen LogP contribution in [0.2, 0.25) is 0 Å². The molecule has 2 amide bonds. The summed E-state index contributed by atoms with van der Waals surface area (Å²) in [5.41, 5.74) is 0. The van der Waals surface area contributed by atoms with Crippen molar-refractivity contribution in [2.75, 3.05) is 39.8 Å². The quantitative estimate of drug-likeness (QED) is 0.760. The number of halogens is 1. The lowest BCUT2D eigenvalue weighted by molar-refractivity contribution is -0.131. The van der Waals surface area contributed by atoms with Gasteiger partial charge in [-0.3, -0.25) is 14.5 Å². The summed E-state index contributed by atoms with van der Waals surface area (Å²) < 4.78 is 1.06. The van der Waals surface area contributed by atoms with Gasteiger partial charge in [-0.2, -0.15) is 0 Å². The van der Waals surface area contributed by atoms with Gasteiger partial charge in [0, 0.05) is 54.4 Å². The van der Waals surface area contributed by atoms with Crippen LogP contribution in [0.1, 0.15) is 24.6 Å². The average molecular weight is 402 g/mol. The molecular weight excluding hydrogens is 378 g/mol. The third-order valence-electron chi connectivity index (χ3n) is 4.04. The molecule has 0 N–H and O–H groups in total. The molecule has 0 saturated carbocycles. The first-order chi connectivity index (χ1) is 11.0. The third kappa shape index (κ3) is 5.58. The molecule has 1 aliphatic heterocycles. The highest BCUT2D eigenvalue weighted by atomic mass is 79.9. The van der Waals surface area contributed by atoms with Crippen molar-refractivity contribution in [1.29, 1.82) is 0 Å². The van der Waals surface area contributed by atoms with Crippen molar-refractivity contribution in [3.05, 3.63) is 20.8 Å². The Morgan fingerprint density at radius 2 is 2.09 bits per heavy atom. The molecule has 1 aromatic heterocycles. The fraction of sp³-hybridized carbons (Fsp3) is 0.625. The molecular formula is C16H24BrN3O2S.